The normalized spacial score (nSPS) is 15.6. The molecule has 1 aromatic rings. The quantitative estimate of drug-likeness (QED) is 0.836. The van der Waals surface area contributed by atoms with Crippen LogP contribution in [0.25, 0.3) is 0 Å². The van der Waals surface area contributed by atoms with Crippen LogP contribution in [0.4, 0.5) is 21.0 Å². The highest BCUT2D eigenvalue weighted by Gasteiger charge is 2.48. The Bertz CT molecular complexity index is 747. The summed E-state index contributed by atoms with van der Waals surface area (Å²) in [5.41, 5.74) is 0.837. The Kier molecular flexibility index (Phi) is 4.55. The summed E-state index contributed by atoms with van der Waals surface area (Å²) in [6, 6.07) is 3.27. The number of amides is 3. The average Bonchev–Trinajstić information content (AvgIpc) is 2.67. The Balaban J connectivity index is 2.46. The van der Waals surface area contributed by atoms with Crippen LogP contribution in [0, 0.1) is 6.92 Å². The Morgan fingerprint density at radius 2 is 1.80 bits per heavy atom. The fourth-order valence-corrected chi connectivity index (χ4v) is 2.99. The van der Waals surface area contributed by atoms with Gasteiger partial charge in [-0.05, 0) is 64.8 Å². The number of carbonyl (C=O) groups is 3. The van der Waals surface area contributed by atoms with Gasteiger partial charge in [0.25, 0.3) is 0 Å². The first kappa shape index (κ1) is 18.8. The van der Waals surface area contributed by atoms with Crippen LogP contribution in [0.15, 0.2) is 12.1 Å². The van der Waals surface area contributed by atoms with Crippen molar-refractivity contribution in [2.75, 3.05) is 17.3 Å². The molecular weight excluding hydrogens is 324 g/mol. The molecule has 1 heterocycles. The Hall–Kier alpha value is -2.57. The van der Waals surface area contributed by atoms with Crippen LogP contribution in [0.5, 0.6) is 0 Å². The van der Waals surface area contributed by atoms with Gasteiger partial charge in [-0.25, -0.2) is 14.5 Å². The maximum absolute atomic E-state index is 12.7. The summed E-state index contributed by atoms with van der Waals surface area (Å²) >= 11 is 0. The number of anilines is 2. The number of benzene rings is 1. The van der Waals surface area contributed by atoms with Crippen LogP contribution in [-0.4, -0.2) is 30.8 Å². The number of ether oxygens (including phenoxy) is 2. The molecule has 0 atom stereocenters. The van der Waals surface area contributed by atoms with Crippen molar-refractivity contribution in [3.8, 4) is 0 Å². The number of fused-ring (bicyclic) bond motifs is 1. The highest BCUT2D eigenvalue weighted by molar-refractivity contribution is 6.21. The van der Waals surface area contributed by atoms with Crippen molar-refractivity contribution in [1.29, 1.82) is 0 Å². The van der Waals surface area contributed by atoms with E-state index in [4.69, 9.17) is 9.47 Å². The van der Waals surface area contributed by atoms with E-state index in [1.165, 1.54) is 7.11 Å². The molecule has 0 fully saturated rings. The second kappa shape index (κ2) is 6.06. The van der Waals surface area contributed by atoms with Gasteiger partial charge in [-0.3, -0.25) is 10.1 Å². The molecule has 7 nitrogen and oxygen atoms in total. The number of rotatable bonds is 1. The second-order valence-corrected chi connectivity index (χ2v) is 7.49. The lowest BCUT2D eigenvalue weighted by Crippen LogP contribution is -2.40. The molecule has 1 aromatic carbocycles. The molecule has 0 radical (unpaired) electrons. The van der Waals surface area contributed by atoms with Crippen LogP contribution in [-0.2, 0) is 19.7 Å². The van der Waals surface area contributed by atoms with E-state index in [9.17, 15) is 14.4 Å². The standard InChI is InChI=1S/C18H24N2O5/c1-10-11(19-15(22)25-17(2,3)4)8-9-12-13(10)18(5,6)14(21)20(12)16(23)24-7/h8-9H,1-7H3,(H,19,22). The van der Waals surface area contributed by atoms with Crippen molar-refractivity contribution in [2.24, 2.45) is 0 Å². The minimum Gasteiger partial charge on any atom is -0.452 e. The predicted octanol–water partition coefficient (Wildman–Crippen LogP) is 3.73. The number of hydrogen-bond donors (Lipinski definition) is 1. The smallest absolute Gasteiger partial charge is 0.420 e. The third kappa shape index (κ3) is 3.31. The van der Waals surface area contributed by atoms with E-state index in [1.54, 1.807) is 53.7 Å². The molecule has 0 aromatic heterocycles. The maximum atomic E-state index is 12.7. The third-order valence-corrected chi connectivity index (χ3v) is 4.04. The second-order valence-electron chi connectivity index (χ2n) is 7.49. The molecule has 25 heavy (non-hydrogen) atoms. The highest BCUT2D eigenvalue weighted by Crippen LogP contribution is 2.45. The predicted molar refractivity (Wildman–Crippen MR) is 94.0 cm³/mol. The first-order valence-electron chi connectivity index (χ1n) is 7.96. The number of methoxy groups -OCH3 is 1. The summed E-state index contributed by atoms with van der Waals surface area (Å²) in [4.78, 5) is 37.7. The van der Waals surface area contributed by atoms with Gasteiger partial charge in [0.2, 0.25) is 5.91 Å². The summed E-state index contributed by atoms with van der Waals surface area (Å²) in [5.74, 6) is -0.369. The number of nitrogens with zero attached hydrogens (tertiary/aromatic N) is 1. The molecule has 0 saturated heterocycles. The van der Waals surface area contributed by atoms with Crippen LogP contribution in [0.2, 0.25) is 0 Å². The maximum Gasteiger partial charge on any atom is 0.420 e. The van der Waals surface area contributed by atoms with Crippen molar-refractivity contribution in [1.82, 2.24) is 0 Å². The van der Waals surface area contributed by atoms with Crippen molar-refractivity contribution >= 4 is 29.5 Å². The molecule has 1 aliphatic heterocycles. The number of carbonyl (C=O) groups excluding carboxylic acids is 3. The highest BCUT2D eigenvalue weighted by atomic mass is 16.6. The fourth-order valence-electron chi connectivity index (χ4n) is 2.99. The van der Waals surface area contributed by atoms with Crippen molar-refractivity contribution in [2.45, 2.75) is 52.6 Å². The third-order valence-electron chi connectivity index (χ3n) is 4.04. The van der Waals surface area contributed by atoms with E-state index in [1.807, 2.05) is 0 Å². The zero-order valence-electron chi connectivity index (χ0n) is 15.6. The van der Waals surface area contributed by atoms with Crippen LogP contribution in [0.1, 0.15) is 45.7 Å². The van der Waals surface area contributed by atoms with Crippen LogP contribution < -0.4 is 10.2 Å². The topological polar surface area (TPSA) is 84.9 Å². The molecule has 0 spiro atoms. The minimum atomic E-state index is -0.917. The lowest BCUT2D eigenvalue weighted by molar-refractivity contribution is -0.121. The Labute approximate surface area is 147 Å². The molecule has 0 saturated carbocycles. The van der Waals surface area contributed by atoms with Gasteiger partial charge in [-0.1, -0.05) is 0 Å². The number of imide groups is 1. The lowest BCUT2D eigenvalue weighted by atomic mass is 9.83. The summed E-state index contributed by atoms with van der Waals surface area (Å²) in [6.07, 6.45) is -1.31. The molecule has 7 heteroatoms. The first-order valence-corrected chi connectivity index (χ1v) is 7.96. The van der Waals surface area contributed by atoms with Crippen LogP contribution >= 0.6 is 0 Å². The molecule has 3 amide bonds. The molecule has 2 rings (SSSR count). The monoisotopic (exact) mass is 348 g/mol. The van der Waals surface area contributed by atoms with Crippen molar-refractivity contribution < 1.29 is 23.9 Å². The van der Waals surface area contributed by atoms with E-state index in [2.05, 4.69) is 5.32 Å². The molecular formula is C18H24N2O5. The summed E-state index contributed by atoms with van der Waals surface area (Å²) in [5, 5.41) is 2.70. The molecule has 0 unspecified atom stereocenters. The van der Waals surface area contributed by atoms with E-state index in [0.29, 0.717) is 22.5 Å². The van der Waals surface area contributed by atoms with Gasteiger partial charge >= 0.3 is 12.2 Å². The summed E-state index contributed by atoms with van der Waals surface area (Å²) in [7, 11) is 1.23. The first-order chi connectivity index (χ1) is 11.4. The lowest BCUT2D eigenvalue weighted by Gasteiger charge is -2.22. The number of hydrogen-bond acceptors (Lipinski definition) is 5. The van der Waals surface area contributed by atoms with Crippen LogP contribution in [0.3, 0.4) is 0 Å². The molecule has 1 aliphatic rings. The summed E-state index contributed by atoms with van der Waals surface area (Å²) < 4.78 is 9.99. The molecule has 136 valence electrons. The van der Waals surface area contributed by atoms with Gasteiger partial charge in [0, 0.05) is 5.69 Å². The fraction of sp³-hybridized carbons (Fsp3) is 0.500. The number of nitrogens with one attached hydrogen (secondary N) is 1. The van der Waals surface area contributed by atoms with Gasteiger partial charge < -0.3 is 9.47 Å². The minimum absolute atomic E-state index is 0.369. The van der Waals surface area contributed by atoms with E-state index >= 15 is 0 Å². The molecule has 0 bridgehead atoms. The SMILES string of the molecule is COC(=O)N1C(=O)C(C)(C)c2c1ccc(NC(=O)OC(C)(C)C)c2C. The van der Waals surface area contributed by atoms with Gasteiger partial charge in [-0.15, -0.1) is 0 Å². The zero-order valence-corrected chi connectivity index (χ0v) is 15.6. The molecule has 0 aliphatic carbocycles. The van der Waals surface area contributed by atoms with Gasteiger partial charge in [0.05, 0.1) is 18.2 Å². The zero-order chi connectivity index (χ0) is 19.2. The van der Waals surface area contributed by atoms with Crippen molar-refractivity contribution in [3.05, 3.63) is 23.3 Å². The Morgan fingerprint density at radius 3 is 2.32 bits per heavy atom. The summed E-state index contributed by atoms with van der Waals surface area (Å²) in [6.45, 7) is 10.6. The van der Waals surface area contributed by atoms with Gasteiger partial charge in [0.15, 0.2) is 0 Å². The van der Waals surface area contributed by atoms with Gasteiger partial charge in [0.1, 0.15) is 5.60 Å². The van der Waals surface area contributed by atoms with E-state index in [-0.39, 0.29) is 5.91 Å². The largest absolute Gasteiger partial charge is 0.452 e. The molecule has 1 N–H and O–H groups in total. The van der Waals surface area contributed by atoms with E-state index < -0.39 is 23.2 Å². The average molecular weight is 348 g/mol. The van der Waals surface area contributed by atoms with E-state index in [0.717, 1.165) is 4.90 Å². The Morgan fingerprint density at radius 1 is 1.20 bits per heavy atom. The van der Waals surface area contributed by atoms with Gasteiger partial charge in [-0.2, -0.15) is 0 Å². The van der Waals surface area contributed by atoms with Crippen molar-refractivity contribution in [3.63, 3.8) is 0 Å².